The molecule has 1 heteroatoms. The Balaban J connectivity index is 0.000000198. The van der Waals surface area contributed by atoms with Crippen molar-refractivity contribution in [1.29, 1.82) is 0 Å². The molecule has 4 atom stereocenters. The largest absolute Gasteiger partial charge is 0.397 e. The van der Waals surface area contributed by atoms with E-state index in [2.05, 4.69) is 0 Å². The van der Waals surface area contributed by atoms with Crippen LogP contribution in [0, 0.1) is 23.7 Å². The topological polar surface area (TPSA) is 20.2 Å². The maximum atomic E-state index is 7.57. The zero-order valence-corrected chi connectivity index (χ0v) is 10.7. The molecule has 1 N–H and O–H groups in total. The number of hydrogen-bond donors (Lipinski definition) is 1. The van der Waals surface area contributed by atoms with E-state index < -0.39 is 0 Å². The molecular formula is C14H28O. The zero-order valence-electron chi connectivity index (χ0n) is 10.7. The summed E-state index contributed by atoms with van der Waals surface area (Å²) >= 11 is 0. The normalized spacial score (nSPS) is 40.0. The third kappa shape index (κ3) is 2.75. The van der Waals surface area contributed by atoms with Crippen LogP contribution in [-0.2, 0) is 0 Å². The first-order valence-electron chi connectivity index (χ1n) is 6.97. The highest BCUT2D eigenvalue weighted by Gasteiger charge is 2.48. The molecule has 0 spiro atoms. The molecule has 2 bridgehead atoms. The van der Waals surface area contributed by atoms with E-state index in [4.69, 9.17) is 5.11 Å². The van der Waals surface area contributed by atoms with Gasteiger partial charge in [-0.25, -0.2) is 0 Å². The van der Waals surface area contributed by atoms with Crippen LogP contribution < -0.4 is 0 Å². The molecule has 0 radical (unpaired) electrons. The van der Waals surface area contributed by atoms with E-state index in [-0.39, 0.29) is 6.61 Å². The maximum Gasteiger partial charge on any atom is 0.0402 e. The van der Waals surface area contributed by atoms with Gasteiger partial charge in [0, 0.05) is 6.61 Å². The molecule has 0 saturated heterocycles. The highest BCUT2D eigenvalue weighted by atomic mass is 16.2. The summed E-state index contributed by atoms with van der Waals surface area (Å²) in [5, 5.41) is 7.57. The third-order valence-electron chi connectivity index (χ3n) is 4.35. The van der Waals surface area contributed by atoms with Crippen molar-refractivity contribution in [2.45, 2.75) is 59.3 Å². The predicted molar refractivity (Wildman–Crippen MR) is 65.8 cm³/mol. The minimum Gasteiger partial charge on any atom is -0.397 e. The molecule has 3 aliphatic rings. The molecule has 4 unspecified atom stereocenters. The number of aliphatic hydroxyl groups is 1. The summed E-state index contributed by atoms with van der Waals surface area (Å²) in [6, 6.07) is 0. The Morgan fingerprint density at radius 3 is 1.73 bits per heavy atom. The Hall–Kier alpha value is -0.0400. The van der Waals surface area contributed by atoms with E-state index in [1.165, 1.54) is 23.7 Å². The fourth-order valence-corrected chi connectivity index (χ4v) is 4.02. The molecule has 1 nitrogen and oxygen atoms in total. The van der Waals surface area contributed by atoms with Crippen LogP contribution in [0.5, 0.6) is 0 Å². The summed E-state index contributed by atoms with van der Waals surface area (Å²) < 4.78 is 0. The summed E-state index contributed by atoms with van der Waals surface area (Å²) in [5.41, 5.74) is 0. The average Bonchev–Trinajstić information content (AvgIpc) is 2.96. The average molecular weight is 212 g/mol. The summed E-state index contributed by atoms with van der Waals surface area (Å²) in [6.45, 7) is 5.93. The van der Waals surface area contributed by atoms with E-state index in [1.54, 1.807) is 45.4 Å². The van der Waals surface area contributed by atoms with Crippen molar-refractivity contribution < 1.29 is 5.11 Å². The maximum absolute atomic E-state index is 7.57. The number of rotatable bonds is 0. The molecule has 0 aliphatic heterocycles. The van der Waals surface area contributed by atoms with Gasteiger partial charge in [0.15, 0.2) is 0 Å². The van der Waals surface area contributed by atoms with Crippen molar-refractivity contribution in [2.24, 2.45) is 23.7 Å². The monoisotopic (exact) mass is 212 g/mol. The molecule has 0 aromatic heterocycles. The first-order valence-corrected chi connectivity index (χ1v) is 6.97. The minimum absolute atomic E-state index is 0.250. The van der Waals surface area contributed by atoms with Crippen molar-refractivity contribution in [1.82, 2.24) is 0 Å². The molecule has 3 saturated carbocycles. The standard InChI is InChI=1S/C10H16.C2H6O.C2H6/c1-2-9-7-4-5-8(6-7)10(9)3-1;1-2-3;1-2/h7-10H,1-6H2;3H,2H2,1H3;1-2H3. The zero-order chi connectivity index (χ0) is 11.3. The highest BCUT2D eigenvalue weighted by Crippen LogP contribution is 2.58. The van der Waals surface area contributed by atoms with E-state index in [1.807, 2.05) is 13.8 Å². The van der Waals surface area contributed by atoms with Gasteiger partial charge in [-0.15, -0.1) is 0 Å². The molecule has 0 aromatic carbocycles. The fraction of sp³-hybridized carbons (Fsp3) is 1.00. The lowest BCUT2D eigenvalue weighted by molar-refractivity contribution is 0.259. The van der Waals surface area contributed by atoms with E-state index in [0.29, 0.717) is 0 Å². The van der Waals surface area contributed by atoms with Crippen molar-refractivity contribution >= 4 is 0 Å². The Morgan fingerprint density at radius 1 is 0.933 bits per heavy atom. The Morgan fingerprint density at radius 2 is 1.33 bits per heavy atom. The molecule has 15 heavy (non-hydrogen) atoms. The van der Waals surface area contributed by atoms with E-state index >= 15 is 0 Å². The van der Waals surface area contributed by atoms with Gasteiger partial charge >= 0.3 is 0 Å². The first-order chi connectivity index (χ1) is 7.36. The van der Waals surface area contributed by atoms with Gasteiger partial charge in [-0.05, 0) is 62.7 Å². The lowest BCUT2D eigenvalue weighted by Crippen LogP contribution is -2.15. The molecule has 0 aromatic rings. The van der Waals surface area contributed by atoms with Gasteiger partial charge in [0.25, 0.3) is 0 Å². The van der Waals surface area contributed by atoms with Gasteiger partial charge in [0.2, 0.25) is 0 Å². The second kappa shape index (κ2) is 6.52. The van der Waals surface area contributed by atoms with Gasteiger partial charge in [-0.2, -0.15) is 0 Å². The highest BCUT2D eigenvalue weighted by molar-refractivity contribution is 4.98. The van der Waals surface area contributed by atoms with Crippen LogP contribution in [0.15, 0.2) is 0 Å². The second-order valence-corrected chi connectivity index (χ2v) is 4.91. The Labute approximate surface area is 95.3 Å². The SMILES string of the molecule is C1CC2C3CCC(C3)C2C1.CC.CCO. The van der Waals surface area contributed by atoms with Gasteiger partial charge in [-0.3, -0.25) is 0 Å². The molecule has 90 valence electrons. The summed E-state index contributed by atoms with van der Waals surface area (Å²) in [4.78, 5) is 0. The lowest BCUT2D eigenvalue weighted by atomic mass is 9.82. The van der Waals surface area contributed by atoms with Crippen molar-refractivity contribution in [2.75, 3.05) is 6.61 Å². The quantitative estimate of drug-likeness (QED) is 0.646. The molecule has 3 fully saturated rings. The number of fused-ring (bicyclic) bond motifs is 5. The minimum atomic E-state index is 0.250. The van der Waals surface area contributed by atoms with Crippen LogP contribution in [0.3, 0.4) is 0 Å². The first kappa shape index (κ1) is 13.0. The summed E-state index contributed by atoms with van der Waals surface area (Å²) in [5.74, 6) is 4.80. The molecule has 3 rings (SSSR count). The predicted octanol–water partition coefficient (Wildman–Crippen LogP) is 3.86. The van der Waals surface area contributed by atoms with Crippen LogP contribution in [0.2, 0.25) is 0 Å². The van der Waals surface area contributed by atoms with Crippen LogP contribution in [0.4, 0.5) is 0 Å². The van der Waals surface area contributed by atoms with Gasteiger partial charge in [0.05, 0.1) is 0 Å². The third-order valence-corrected chi connectivity index (χ3v) is 4.35. The molecular weight excluding hydrogens is 184 g/mol. The van der Waals surface area contributed by atoms with Gasteiger partial charge in [-0.1, -0.05) is 20.3 Å². The lowest BCUT2D eigenvalue weighted by Gasteiger charge is -2.23. The van der Waals surface area contributed by atoms with Crippen LogP contribution >= 0.6 is 0 Å². The Kier molecular flexibility index (Phi) is 5.66. The molecule has 3 aliphatic carbocycles. The van der Waals surface area contributed by atoms with Crippen molar-refractivity contribution in [3.63, 3.8) is 0 Å². The summed E-state index contributed by atoms with van der Waals surface area (Å²) in [6.07, 6.45) is 9.53. The van der Waals surface area contributed by atoms with Crippen LogP contribution in [0.1, 0.15) is 59.3 Å². The fourth-order valence-electron chi connectivity index (χ4n) is 4.02. The van der Waals surface area contributed by atoms with Gasteiger partial charge < -0.3 is 5.11 Å². The Bertz CT molecular complexity index is 151. The van der Waals surface area contributed by atoms with Crippen LogP contribution in [-0.4, -0.2) is 11.7 Å². The molecule has 0 heterocycles. The van der Waals surface area contributed by atoms with Gasteiger partial charge in [0.1, 0.15) is 0 Å². The van der Waals surface area contributed by atoms with E-state index in [9.17, 15) is 0 Å². The molecule has 0 amide bonds. The number of aliphatic hydroxyl groups excluding tert-OH is 1. The smallest absolute Gasteiger partial charge is 0.0402 e. The van der Waals surface area contributed by atoms with Crippen LogP contribution in [0.25, 0.3) is 0 Å². The van der Waals surface area contributed by atoms with Crippen molar-refractivity contribution in [3.05, 3.63) is 0 Å². The van der Waals surface area contributed by atoms with E-state index in [0.717, 1.165) is 0 Å². The second-order valence-electron chi connectivity index (χ2n) is 4.91. The number of hydrogen-bond acceptors (Lipinski definition) is 1. The van der Waals surface area contributed by atoms with Crippen molar-refractivity contribution in [3.8, 4) is 0 Å². The summed E-state index contributed by atoms with van der Waals surface area (Å²) in [7, 11) is 0.